The zero-order valence-electron chi connectivity index (χ0n) is 11.8. The molecule has 1 N–H and O–H groups in total. The molecule has 0 saturated carbocycles. The van der Waals surface area contributed by atoms with Gasteiger partial charge in [-0.1, -0.05) is 23.2 Å². The smallest absolute Gasteiger partial charge is 0.275 e. The highest BCUT2D eigenvalue weighted by Gasteiger charge is 2.28. The minimum atomic E-state index is -0.237. The molecule has 2 aromatic carbocycles. The van der Waals surface area contributed by atoms with Gasteiger partial charge in [-0.3, -0.25) is 4.79 Å². The summed E-state index contributed by atoms with van der Waals surface area (Å²) in [6.07, 6.45) is 0. The van der Waals surface area contributed by atoms with Crippen molar-refractivity contribution in [1.29, 1.82) is 0 Å². The molecule has 6 heteroatoms. The maximum atomic E-state index is 12.2. The highest BCUT2D eigenvalue weighted by Crippen LogP contribution is 2.35. The number of aryl methyl sites for hydroxylation is 1. The Hall–Kier alpha value is -1.36. The van der Waals surface area contributed by atoms with Gasteiger partial charge in [0.15, 0.2) is 0 Å². The number of halogens is 3. The number of fused-ring (bicyclic) bond motifs is 1. The Morgan fingerprint density at radius 2 is 1.86 bits per heavy atom. The van der Waals surface area contributed by atoms with Gasteiger partial charge in [-0.15, -0.1) is 0 Å². The van der Waals surface area contributed by atoms with Crippen LogP contribution in [0.25, 0.3) is 0 Å². The molecule has 1 heterocycles. The van der Waals surface area contributed by atoms with Crippen LogP contribution in [0.15, 0.2) is 33.7 Å². The molecule has 0 spiro atoms. The summed E-state index contributed by atoms with van der Waals surface area (Å²) in [5.41, 5.74) is 4.27. The molecule has 0 fully saturated rings. The van der Waals surface area contributed by atoms with Gasteiger partial charge in [-0.25, -0.2) is 4.99 Å². The largest absolute Gasteiger partial charge is 0.320 e. The second-order valence-electron chi connectivity index (χ2n) is 5.06. The summed E-state index contributed by atoms with van der Waals surface area (Å²) in [5, 5.41) is 3.99. The molecule has 0 aromatic heterocycles. The number of carbonyl (C=O) groups excluding carboxylic acids is 1. The predicted octanol–water partition coefficient (Wildman–Crippen LogP) is 5.45. The molecule has 1 aliphatic rings. The van der Waals surface area contributed by atoms with Gasteiger partial charge < -0.3 is 5.32 Å². The number of aliphatic imine (C=N–C) groups is 1. The van der Waals surface area contributed by atoms with Crippen molar-refractivity contribution >= 4 is 62.1 Å². The van der Waals surface area contributed by atoms with E-state index in [1.807, 2.05) is 19.9 Å². The van der Waals surface area contributed by atoms with E-state index in [0.717, 1.165) is 26.9 Å². The van der Waals surface area contributed by atoms with Gasteiger partial charge in [-0.2, -0.15) is 0 Å². The van der Waals surface area contributed by atoms with Crippen LogP contribution in [-0.4, -0.2) is 11.6 Å². The van der Waals surface area contributed by atoms with E-state index >= 15 is 0 Å². The van der Waals surface area contributed by atoms with Crippen LogP contribution in [0, 0.1) is 13.8 Å². The molecule has 0 atom stereocenters. The van der Waals surface area contributed by atoms with E-state index in [2.05, 4.69) is 26.2 Å². The second-order valence-corrected chi connectivity index (χ2v) is 6.73. The lowest BCUT2D eigenvalue weighted by Gasteiger charge is -2.06. The molecule has 1 amide bonds. The number of hydrogen-bond donors (Lipinski definition) is 1. The third-order valence-electron chi connectivity index (χ3n) is 3.58. The SMILES string of the molecule is Cc1cc(Br)c(Cl)cc1N=C1C(=O)Nc2c1ccc(Cl)c2C. The average molecular weight is 398 g/mol. The minimum absolute atomic E-state index is 0.237. The number of anilines is 1. The molecular weight excluding hydrogens is 387 g/mol. The lowest BCUT2D eigenvalue weighted by atomic mass is 10.1. The number of rotatable bonds is 1. The van der Waals surface area contributed by atoms with Gasteiger partial charge in [0.1, 0.15) is 5.71 Å². The topological polar surface area (TPSA) is 41.5 Å². The lowest BCUT2D eigenvalue weighted by molar-refractivity contribution is -0.110. The third-order valence-corrected chi connectivity index (χ3v) is 5.19. The van der Waals surface area contributed by atoms with E-state index in [0.29, 0.717) is 21.4 Å². The number of carbonyl (C=O) groups is 1. The summed E-state index contributed by atoms with van der Waals surface area (Å²) < 4.78 is 0.800. The molecule has 22 heavy (non-hydrogen) atoms. The molecule has 0 radical (unpaired) electrons. The van der Waals surface area contributed by atoms with Crippen LogP contribution in [0.2, 0.25) is 10.0 Å². The fourth-order valence-electron chi connectivity index (χ4n) is 2.33. The quantitative estimate of drug-likeness (QED) is 0.683. The maximum absolute atomic E-state index is 12.2. The number of amides is 1. The summed E-state index contributed by atoms with van der Waals surface area (Å²) in [4.78, 5) is 16.7. The van der Waals surface area contributed by atoms with Gasteiger partial charge in [-0.05, 0) is 65.2 Å². The molecule has 0 aliphatic carbocycles. The molecular formula is C16H11BrCl2N2O. The fraction of sp³-hybridized carbons (Fsp3) is 0.125. The zero-order chi connectivity index (χ0) is 16.0. The Morgan fingerprint density at radius 1 is 1.14 bits per heavy atom. The Labute approximate surface area is 146 Å². The van der Waals surface area contributed by atoms with Gasteiger partial charge >= 0.3 is 0 Å². The first-order valence-corrected chi connectivity index (χ1v) is 8.08. The first kappa shape index (κ1) is 15.5. The highest BCUT2D eigenvalue weighted by atomic mass is 79.9. The molecule has 0 unspecified atom stereocenters. The molecule has 2 aromatic rings. The van der Waals surface area contributed by atoms with Gasteiger partial charge in [0.2, 0.25) is 0 Å². The minimum Gasteiger partial charge on any atom is -0.320 e. The average Bonchev–Trinajstić information content (AvgIpc) is 2.78. The van der Waals surface area contributed by atoms with Gasteiger partial charge in [0.05, 0.1) is 16.4 Å². The lowest BCUT2D eigenvalue weighted by Crippen LogP contribution is -2.14. The zero-order valence-corrected chi connectivity index (χ0v) is 14.9. The highest BCUT2D eigenvalue weighted by molar-refractivity contribution is 9.10. The molecule has 0 bridgehead atoms. The Balaban J connectivity index is 2.17. The van der Waals surface area contributed by atoms with E-state index < -0.39 is 0 Å². The van der Waals surface area contributed by atoms with E-state index in [1.165, 1.54) is 0 Å². The fourth-order valence-corrected chi connectivity index (χ4v) is 3.10. The van der Waals surface area contributed by atoms with Crippen molar-refractivity contribution in [1.82, 2.24) is 0 Å². The van der Waals surface area contributed by atoms with Crippen LogP contribution in [0.4, 0.5) is 11.4 Å². The van der Waals surface area contributed by atoms with Crippen LogP contribution in [0.5, 0.6) is 0 Å². The van der Waals surface area contributed by atoms with Gasteiger partial charge in [0, 0.05) is 15.1 Å². The third kappa shape index (κ3) is 2.56. The summed E-state index contributed by atoms with van der Waals surface area (Å²) in [6, 6.07) is 7.19. The summed E-state index contributed by atoms with van der Waals surface area (Å²) >= 11 is 15.6. The van der Waals surface area contributed by atoms with Crippen LogP contribution >= 0.6 is 39.1 Å². The molecule has 1 aliphatic heterocycles. The predicted molar refractivity (Wildman–Crippen MR) is 94.9 cm³/mol. The van der Waals surface area contributed by atoms with Crippen molar-refractivity contribution in [2.45, 2.75) is 13.8 Å². The van der Waals surface area contributed by atoms with E-state index in [-0.39, 0.29) is 5.91 Å². The number of benzene rings is 2. The van der Waals surface area contributed by atoms with Crippen molar-refractivity contribution in [2.75, 3.05) is 5.32 Å². The number of hydrogen-bond acceptors (Lipinski definition) is 2. The number of nitrogens with zero attached hydrogens (tertiary/aromatic N) is 1. The van der Waals surface area contributed by atoms with E-state index in [9.17, 15) is 4.79 Å². The van der Waals surface area contributed by atoms with Crippen molar-refractivity contribution in [3.63, 3.8) is 0 Å². The second kappa shape index (κ2) is 5.69. The molecule has 0 saturated heterocycles. The Morgan fingerprint density at radius 3 is 2.59 bits per heavy atom. The van der Waals surface area contributed by atoms with Crippen LogP contribution in [0.3, 0.4) is 0 Å². The first-order chi connectivity index (χ1) is 10.4. The Kier molecular flexibility index (Phi) is 4.02. The molecule has 112 valence electrons. The van der Waals surface area contributed by atoms with E-state index in [1.54, 1.807) is 18.2 Å². The maximum Gasteiger partial charge on any atom is 0.275 e. The van der Waals surface area contributed by atoms with Crippen molar-refractivity contribution in [3.05, 3.63) is 55.5 Å². The normalized spacial score (nSPS) is 15.1. The summed E-state index contributed by atoms with van der Waals surface area (Å²) in [7, 11) is 0. The monoisotopic (exact) mass is 396 g/mol. The van der Waals surface area contributed by atoms with Crippen molar-refractivity contribution in [3.8, 4) is 0 Å². The summed E-state index contributed by atoms with van der Waals surface area (Å²) in [5.74, 6) is -0.237. The van der Waals surface area contributed by atoms with Crippen LogP contribution < -0.4 is 5.32 Å². The molecule has 3 nitrogen and oxygen atoms in total. The van der Waals surface area contributed by atoms with Crippen LogP contribution in [-0.2, 0) is 4.79 Å². The molecule has 3 rings (SSSR count). The standard InChI is InChI=1S/C16H11BrCl2N2O/c1-7-5-10(17)12(19)6-13(7)20-15-9-3-4-11(18)8(2)14(9)21-16(15)22/h3-6H,1-2H3,(H,20,21,22). The van der Waals surface area contributed by atoms with Crippen molar-refractivity contribution < 1.29 is 4.79 Å². The Bertz CT molecular complexity index is 847. The van der Waals surface area contributed by atoms with E-state index in [4.69, 9.17) is 23.2 Å². The first-order valence-electron chi connectivity index (χ1n) is 6.53. The summed E-state index contributed by atoms with van der Waals surface area (Å²) in [6.45, 7) is 3.79. The van der Waals surface area contributed by atoms with Crippen LogP contribution in [0.1, 0.15) is 16.7 Å². The van der Waals surface area contributed by atoms with Gasteiger partial charge in [0.25, 0.3) is 5.91 Å². The number of nitrogens with one attached hydrogen (secondary N) is 1. The van der Waals surface area contributed by atoms with Crippen molar-refractivity contribution in [2.24, 2.45) is 4.99 Å².